The summed E-state index contributed by atoms with van der Waals surface area (Å²) in [4.78, 5) is 43.3. The average Bonchev–Trinajstić information content (AvgIpc) is 2.99. The van der Waals surface area contributed by atoms with E-state index in [1.54, 1.807) is 0 Å². The Labute approximate surface area is 171 Å². The van der Waals surface area contributed by atoms with Gasteiger partial charge in [-0.15, -0.1) is 0 Å². The van der Waals surface area contributed by atoms with E-state index in [4.69, 9.17) is 0 Å². The maximum Gasteiger partial charge on any atom is 0.244 e. The third-order valence-corrected chi connectivity index (χ3v) is 6.24. The van der Waals surface area contributed by atoms with Crippen molar-refractivity contribution in [3.63, 3.8) is 0 Å². The Morgan fingerprint density at radius 1 is 0.966 bits per heavy atom. The molecule has 2 fully saturated rings. The number of hydrogen-bond donors (Lipinski definition) is 1. The lowest BCUT2D eigenvalue weighted by Gasteiger charge is -2.35. The number of imide groups is 1. The number of fused-ring (bicyclic) bond motifs is 1. The Balaban J connectivity index is 1.32. The summed E-state index contributed by atoms with van der Waals surface area (Å²) < 4.78 is 0. The van der Waals surface area contributed by atoms with Crippen molar-refractivity contribution in [2.45, 2.75) is 19.8 Å². The Morgan fingerprint density at radius 2 is 1.55 bits per heavy atom. The van der Waals surface area contributed by atoms with Gasteiger partial charge in [0.15, 0.2) is 0 Å². The number of piperazine rings is 1. The molecule has 2 atom stereocenters. The molecule has 2 heterocycles. The van der Waals surface area contributed by atoms with Gasteiger partial charge in [0, 0.05) is 37.6 Å². The minimum absolute atomic E-state index is 0.217. The number of amides is 3. The third-order valence-electron chi connectivity index (χ3n) is 6.24. The molecule has 3 aliphatic rings. The molecule has 1 N–H and O–H groups in total. The highest BCUT2D eigenvalue weighted by Crippen LogP contribution is 2.34. The van der Waals surface area contributed by atoms with Crippen molar-refractivity contribution in [3.05, 3.63) is 36.4 Å². The van der Waals surface area contributed by atoms with E-state index in [0.717, 1.165) is 43.3 Å². The number of hydrogen-bond acceptors (Lipinski definition) is 5. The zero-order valence-corrected chi connectivity index (χ0v) is 16.8. The predicted molar refractivity (Wildman–Crippen MR) is 111 cm³/mol. The molecule has 3 amide bonds. The molecule has 0 saturated carbocycles. The highest BCUT2D eigenvalue weighted by Gasteiger charge is 2.47. The molecule has 0 spiro atoms. The highest BCUT2D eigenvalue weighted by molar-refractivity contribution is 6.08. The number of benzene rings is 1. The zero-order chi connectivity index (χ0) is 20.4. The van der Waals surface area contributed by atoms with Crippen LogP contribution in [0.1, 0.15) is 19.8 Å². The number of likely N-dealkylation sites (N-methyl/N-ethyl adjacent to an activating group) is 1. The summed E-state index contributed by atoms with van der Waals surface area (Å²) in [6.07, 6.45) is 5.06. The van der Waals surface area contributed by atoms with Crippen LogP contribution in [0.5, 0.6) is 0 Å². The summed E-state index contributed by atoms with van der Waals surface area (Å²) in [5, 5.41) is 2.81. The summed E-state index contributed by atoms with van der Waals surface area (Å²) in [6.45, 7) is 7.16. The monoisotopic (exact) mass is 396 g/mol. The van der Waals surface area contributed by atoms with E-state index < -0.39 is 0 Å². The topological polar surface area (TPSA) is 73.0 Å². The van der Waals surface area contributed by atoms with E-state index >= 15 is 0 Å². The molecule has 1 aromatic rings. The lowest BCUT2D eigenvalue weighted by atomic mass is 9.85. The van der Waals surface area contributed by atoms with Gasteiger partial charge in [-0.1, -0.05) is 19.1 Å². The highest BCUT2D eigenvalue weighted by atomic mass is 16.2. The SMILES string of the molecule is CCN1CCN(c2ccc(NC(=O)CN3C(=O)C4CC=CCC4C3=O)cc2)CC1. The molecule has 0 radical (unpaired) electrons. The molecule has 29 heavy (non-hydrogen) atoms. The number of carbonyl (C=O) groups excluding carboxylic acids is 3. The lowest BCUT2D eigenvalue weighted by molar-refractivity contribution is -0.142. The van der Waals surface area contributed by atoms with Crippen molar-refractivity contribution in [3.8, 4) is 0 Å². The molecule has 4 rings (SSSR count). The van der Waals surface area contributed by atoms with Crippen LogP contribution in [-0.4, -0.2) is 66.8 Å². The molecule has 2 aliphatic heterocycles. The van der Waals surface area contributed by atoms with E-state index in [-0.39, 0.29) is 36.1 Å². The summed E-state index contributed by atoms with van der Waals surface area (Å²) in [7, 11) is 0. The Kier molecular flexibility index (Phi) is 5.67. The zero-order valence-electron chi connectivity index (χ0n) is 16.8. The predicted octanol–water partition coefficient (Wildman–Crippen LogP) is 1.72. The fourth-order valence-electron chi connectivity index (χ4n) is 4.45. The van der Waals surface area contributed by atoms with Crippen LogP contribution in [-0.2, 0) is 14.4 Å². The molecule has 154 valence electrons. The van der Waals surface area contributed by atoms with E-state index in [2.05, 4.69) is 22.0 Å². The Morgan fingerprint density at radius 3 is 2.10 bits per heavy atom. The maximum absolute atomic E-state index is 12.5. The summed E-state index contributed by atoms with van der Waals surface area (Å²) in [5.74, 6) is -1.38. The number of nitrogens with one attached hydrogen (secondary N) is 1. The number of allylic oxidation sites excluding steroid dienone is 2. The maximum atomic E-state index is 12.5. The number of nitrogens with zero attached hydrogens (tertiary/aromatic N) is 3. The van der Waals surface area contributed by atoms with E-state index in [0.29, 0.717) is 18.5 Å². The first-order valence-electron chi connectivity index (χ1n) is 10.4. The van der Waals surface area contributed by atoms with Crippen molar-refractivity contribution in [1.29, 1.82) is 0 Å². The van der Waals surface area contributed by atoms with E-state index in [9.17, 15) is 14.4 Å². The van der Waals surface area contributed by atoms with Crippen LogP contribution < -0.4 is 10.2 Å². The first-order valence-corrected chi connectivity index (χ1v) is 10.4. The fraction of sp³-hybridized carbons (Fsp3) is 0.500. The number of anilines is 2. The lowest BCUT2D eigenvalue weighted by Crippen LogP contribution is -2.46. The van der Waals surface area contributed by atoms with Crippen molar-refractivity contribution in [2.75, 3.05) is 49.5 Å². The van der Waals surface area contributed by atoms with E-state index in [1.807, 2.05) is 36.4 Å². The van der Waals surface area contributed by atoms with Crippen LogP contribution in [0, 0.1) is 11.8 Å². The normalized spacial score (nSPS) is 24.7. The van der Waals surface area contributed by atoms with Gasteiger partial charge in [-0.05, 0) is 43.7 Å². The van der Waals surface area contributed by atoms with Gasteiger partial charge in [-0.3, -0.25) is 19.3 Å². The second kappa shape index (κ2) is 8.37. The number of carbonyl (C=O) groups is 3. The molecule has 7 heteroatoms. The van der Waals surface area contributed by atoms with E-state index in [1.165, 1.54) is 0 Å². The van der Waals surface area contributed by atoms with Crippen molar-refractivity contribution in [1.82, 2.24) is 9.80 Å². The van der Waals surface area contributed by atoms with Gasteiger partial charge in [-0.2, -0.15) is 0 Å². The van der Waals surface area contributed by atoms with Gasteiger partial charge >= 0.3 is 0 Å². The number of likely N-dealkylation sites (tertiary alicyclic amines) is 1. The van der Waals surface area contributed by atoms with Crippen LogP contribution in [0.25, 0.3) is 0 Å². The van der Waals surface area contributed by atoms with Crippen LogP contribution >= 0.6 is 0 Å². The standard InChI is InChI=1S/C22H28N4O3/c1-2-24-11-13-25(14-12-24)17-9-7-16(8-10-17)23-20(27)15-26-21(28)18-5-3-4-6-19(18)22(26)29/h3-4,7-10,18-19H,2,5-6,11-15H2,1H3,(H,23,27). The van der Waals surface area contributed by atoms with Gasteiger partial charge in [0.2, 0.25) is 17.7 Å². The minimum atomic E-state index is -0.345. The second-order valence-electron chi connectivity index (χ2n) is 7.93. The molecule has 1 aliphatic carbocycles. The molecule has 7 nitrogen and oxygen atoms in total. The molecular formula is C22H28N4O3. The molecular weight excluding hydrogens is 368 g/mol. The van der Waals surface area contributed by atoms with Gasteiger partial charge in [0.05, 0.1) is 11.8 Å². The quantitative estimate of drug-likeness (QED) is 0.606. The Bertz CT molecular complexity index is 786. The van der Waals surface area contributed by atoms with Crippen molar-refractivity contribution >= 4 is 29.1 Å². The fourth-order valence-corrected chi connectivity index (χ4v) is 4.45. The van der Waals surface area contributed by atoms with Gasteiger partial charge in [0.25, 0.3) is 0 Å². The summed E-state index contributed by atoms with van der Waals surface area (Å²) in [6, 6.07) is 7.75. The molecule has 2 saturated heterocycles. The number of rotatable bonds is 5. The first-order chi connectivity index (χ1) is 14.1. The molecule has 2 unspecified atom stereocenters. The van der Waals surface area contributed by atoms with Crippen LogP contribution in [0.2, 0.25) is 0 Å². The first kappa shape index (κ1) is 19.6. The van der Waals surface area contributed by atoms with Crippen molar-refractivity contribution < 1.29 is 14.4 Å². The molecule has 0 bridgehead atoms. The third kappa shape index (κ3) is 4.05. The Hall–Kier alpha value is -2.67. The average molecular weight is 396 g/mol. The van der Waals surface area contributed by atoms with Gasteiger partial charge in [-0.25, -0.2) is 0 Å². The molecule has 1 aromatic carbocycles. The molecule has 0 aromatic heterocycles. The van der Waals surface area contributed by atoms with Crippen LogP contribution in [0.3, 0.4) is 0 Å². The summed E-state index contributed by atoms with van der Waals surface area (Å²) >= 11 is 0. The van der Waals surface area contributed by atoms with Crippen molar-refractivity contribution in [2.24, 2.45) is 11.8 Å². The summed E-state index contributed by atoms with van der Waals surface area (Å²) in [5.41, 5.74) is 1.81. The van der Waals surface area contributed by atoms with Gasteiger partial charge in [0.1, 0.15) is 6.54 Å². The van der Waals surface area contributed by atoms with Crippen LogP contribution in [0.4, 0.5) is 11.4 Å². The largest absolute Gasteiger partial charge is 0.369 e. The smallest absolute Gasteiger partial charge is 0.244 e. The van der Waals surface area contributed by atoms with Crippen LogP contribution in [0.15, 0.2) is 36.4 Å². The minimum Gasteiger partial charge on any atom is -0.369 e. The second-order valence-corrected chi connectivity index (χ2v) is 7.93. The van der Waals surface area contributed by atoms with Gasteiger partial charge < -0.3 is 15.1 Å².